The number of aliphatic hydroxyl groups is 1. The van der Waals surface area contributed by atoms with Crippen molar-refractivity contribution in [1.82, 2.24) is 5.32 Å². The van der Waals surface area contributed by atoms with Crippen LogP contribution in [0.3, 0.4) is 0 Å². The standard InChI is InChI=1S/C10H14BrNO3/c1-12-5-8(13)7-3-6(11)4-9(15-2)10(7)14/h3-4,8,12-14H,5H2,1-2H3. The second-order valence-electron chi connectivity index (χ2n) is 3.12. The third-order valence-electron chi connectivity index (χ3n) is 2.05. The summed E-state index contributed by atoms with van der Waals surface area (Å²) in [6.07, 6.45) is -0.763. The number of aromatic hydroxyl groups is 1. The van der Waals surface area contributed by atoms with E-state index in [1.54, 1.807) is 19.2 Å². The van der Waals surface area contributed by atoms with Crippen LogP contribution in [0.25, 0.3) is 0 Å². The zero-order valence-electron chi connectivity index (χ0n) is 8.62. The van der Waals surface area contributed by atoms with Gasteiger partial charge in [-0.25, -0.2) is 0 Å². The first-order valence-corrected chi connectivity index (χ1v) is 5.28. The predicted octanol–water partition coefficient (Wildman–Crippen LogP) is 1.42. The van der Waals surface area contributed by atoms with Gasteiger partial charge in [-0.15, -0.1) is 0 Å². The van der Waals surface area contributed by atoms with E-state index in [1.165, 1.54) is 7.11 Å². The molecule has 1 aromatic carbocycles. The van der Waals surface area contributed by atoms with E-state index in [-0.39, 0.29) is 5.75 Å². The van der Waals surface area contributed by atoms with E-state index >= 15 is 0 Å². The van der Waals surface area contributed by atoms with E-state index in [9.17, 15) is 10.2 Å². The average molecular weight is 276 g/mol. The van der Waals surface area contributed by atoms with Gasteiger partial charge < -0.3 is 20.3 Å². The highest BCUT2D eigenvalue weighted by Gasteiger charge is 2.16. The van der Waals surface area contributed by atoms with Crippen LogP contribution in [0.15, 0.2) is 16.6 Å². The number of phenols is 1. The molecule has 0 aliphatic rings. The molecule has 0 radical (unpaired) electrons. The van der Waals surface area contributed by atoms with Gasteiger partial charge in [-0.3, -0.25) is 0 Å². The monoisotopic (exact) mass is 275 g/mol. The molecule has 15 heavy (non-hydrogen) atoms. The Kier molecular flexibility index (Phi) is 4.38. The molecule has 3 N–H and O–H groups in total. The summed E-state index contributed by atoms with van der Waals surface area (Å²) in [5, 5.41) is 22.4. The van der Waals surface area contributed by atoms with Gasteiger partial charge in [0.2, 0.25) is 0 Å². The van der Waals surface area contributed by atoms with E-state index in [1.807, 2.05) is 0 Å². The fourth-order valence-corrected chi connectivity index (χ4v) is 1.76. The Morgan fingerprint density at radius 2 is 2.20 bits per heavy atom. The van der Waals surface area contributed by atoms with Gasteiger partial charge in [-0.05, 0) is 19.2 Å². The molecule has 0 heterocycles. The van der Waals surface area contributed by atoms with Crippen LogP contribution in [0.2, 0.25) is 0 Å². The lowest BCUT2D eigenvalue weighted by molar-refractivity contribution is 0.173. The normalized spacial score (nSPS) is 12.5. The van der Waals surface area contributed by atoms with Crippen LogP contribution in [0.4, 0.5) is 0 Å². The molecule has 84 valence electrons. The molecule has 0 spiro atoms. The zero-order valence-corrected chi connectivity index (χ0v) is 10.2. The van der Waals surface area contributed by atoms with Crippen LogP contribution in [0.1, 0.15) is 11.7 Å². The second kappa shape index (κ2) is 5.34. The third-order valence-corrected chi connectivity index (χ3v) is 2.50. The topological polar surface area (TPSA) is 61.7 Å². The quantitative estimate of drug-likeness (QED) is 0.778. The molecule has 0 saturated heterocycles. The average Bonchev–Trinajstić information content (AvgIpc) is 2.21. The highest BCUT2D eigenvalue weighted by atomic mass is 79.9. The SMILES string of the molecule is CNCC(O)c1cc(Br)cc(OC)c1O. The van der Waals surface area contributed by atoms with Crippen molar-refractivity contribution in [2.45, 2.75) is 6.10 Å². The van der Waals surface area contributed by atoms with Crippen LogP contribution < -0.4 is 10.1 Å². The number of phenolic OH excluding ortho intramolecular Hbond substituents is 1. The number of benzene rings is 1. The van der Waals surface area contributed by atoms with E-state index in [4.69, 9.17) is 4.74 Å². The number of hydrogen-bond donors (Lipinski definition) is 3. The Balaban J connectivity index is 3.11. The smallest absolute Gasteiger partial charge is 0.163 e. The summed E-state index contributed by atoms with van der Waals surface area (Å²) >= 11 is 3.28. The number of halogens is 1. The Hall–Kier alpha value is -0.780. The van der Waals surface area contributed by atoms with Gasteiger partial charge in [-0.1, -0.05) is 15.9 Å². The first-order valence-electron chi connectivity index (χ1n) is 4.49. The van der Waals surface area contributed by atoms with E-state index in [0.29, 0.717) is 17.9 Å². The first-order chi connectivity index (χ1) is 7.10. The van der Waals surface area contributed by atoms with Gasteiger partial charge in [0, 0.05) is 16.6 Å². The number of hydrogen-bond acceptors (Lipinski definition) is 4. The van der Waals surface area contributed by atoms with Crippen molar-refractivity contribution in [2.24, 2.45) is 0 Å². The summed E-state index contributed by atoms with van der Waals surface area (Å²) < 4.78 is 5.74. The molecule has 1 unspecified atom stereocenters. The lowest BCUT2D eigenvalue weighted by atomic mass is 10.1. The van der Waals surface area contributed by atoms with Crippen LogP contribution in [0, 0.1) is 0 Å². The summed E-state index contributed by atoms with van der Waals surface area (Å²) in [7, 11) is 3.20. The Morgan fingerprint density at radius 1 is 1.53 bits per heavy atom. The third kappa shape index (κ3) is 2.84. The van der Waals surface area contributed by atoms with Gasteiger partial charge in [0.25, 0.3) is 0 Å². The van der Waals surface area contributed by atoms with Crippen LogP contribution in [-0.2, 0) is 0 Å². The predicted molar refractivity (Wildman–Crippen MR) is 61.2 cm³/mol. The molecule has 0 fully saturated rings. The molecular formula is C10H14BrNO3. The summed E-state index contributed by atoms with van der Waals surface area (Å²) in [6, 6.07) is 3.31. The lowest BCUT2D eigenvalue weighted by Gasteiger charge is -2.14. The lowest BCUT2D eigenvalue weighted by Crippen LogP contribution is -2.16. The minimum absolute atomic E-state index is 0.0246. The van der Waals surface area contributed by atoms with Crippen LogP contribution in [0.5, 0.6) is 11.5 Å². The van der Waals surface area contributed by atoms with Crippen molar-refractivity contribution in [2.75, 3.05) is 20.7 Å². The summed E-state index contributed by atoms with van der Waals surface area (Å²) in [5.41, 5.74) is 0.440. The van der Waals surface area contributed by atoms with Crippen LogP contribution >= 0.6 is 15.9 Å². The minimum atomic E-state index is -0.763. The number of methoxy groups -OCH3 is 1. The molecule has 0 aliphatic heterocycles. The first kappa shape index (κ1) is 12.3. The molecule has 0 aliphatic carbocycles. The number of rotatable bonds is 4. The van der Waals surface area contributed by atoms with Gasteiger partial charge in [0.05, 0.1) is 13.2 Å². The van der Waals surface area contributed by atoms with Crippen molar-refractivity contribution in [3.63, 3.8) is 0 Å². The maximum Gasteiger partial charge on any atom is 0.163 e. The van der Waals surface area contributed by atoms with Gasteiger partial charge in [0.15, 0.2) is 11.5 Å². The van der Waals surface area contributed by atoms with Crippen molar-refractivity contribution >= 4 is 15.9 Å². The molecule has 0 saturated carbocycles. The Bertz CT molecular complexity index is 344. The van der Waals surface area contributed by atoms with Crippen molar-refractivity contribution in [1.29, 1.82) is 0 Å². The van der Waals surface area contributed by atoms with Gasteiger partial charge >= 0.3 is 0 Å². The molecule has 0 amide bonds. The Morgan fingerprint density at radius 3 is 2.73 bits per heavy atom. The summed E-state index contributed by atoms with van der Waals surface area (Å²) in [5.74, 6) is 0.318. The van der Waals surface area contributed by atoms with Crippen molar-refractivity contribution < 1.29 is 14.9 Å². The summed E-state index contributed by atoms with van der Waals surface area (Å²) in [6.45, 7) is 0.368. The molecule has 1 rings (SSSR count). The molecular weight excluding hydrogens is 262 g/mol. The molecule has 1 atom stereocenters. The van der Waals surface area contributed by atoms with Gasteiger partial charge in [-0.2, -0.15) is 0 Å². The zero-order chi connectivity index (χ0) is 11.4. The van der Waals surface area contributed by atoms with Crippen molar-refractivity contribution in [3.8, 4) is 11.5 Å². The maximum atomic E-state index is 9.78. The molecule has 0 aromatic heterocycles. The second-order valence-corrected chi connectivity index (χ2v) is 4.04. The maximum absolute atomic E-state index is 9.78. The number of aliphatic hydroxyl groups excluding tert-OH is 1. The number of nitrogens with one attached hydrogen (secondary N) is 1. The number of likely N-dealkylation sites (N-methyl/N-ethyl adjacent to an activating group) is 1. The van der Waals surface area contributed by atoms with E-state index in [2.05, 4.69) is 21.2 Å². The Labute approximate surface area is 97.0 Å². The van der Waals surface area contributed by atoms with Crippen molar-refractivity contribution in [3.05, 3.63) is 22.2 Å². The largest absolute Gasteiger partial charge is 0.504 e. The molecule has 0 bridgehead atoms. The van der Waals surface area contributed by atoms with Crippen LogP contribution in [-0.4, -0.2) is 30.9 Å². The minimum Gasteiger partial charge on any atom is -0.504 e. The highest BCUT2D eigenvalue weighted by molar-refractivity contribution is 9.10. The fourth-order valence-electron chi connectivity index (χ4n) is 1.31. The molecule has 1 aromatic rings. The summed E-state index contributed by atoms with van der Waals surface area (Å²) in [4.78, 5) is 0. The van der Waals surface area contributed by atoms with Gasteiger partial charge in [0.1, 0.15) is 0 Å². The highest BCUT2D eigenvalue weighted by Crippen LogP contribution is 2.36. The molecule has 5 heteroatoms. The molecule has 4 nitrogen and oxygen atoms in total. The number of ether oxygens (including phenoxy) is 1. The van der Waals surface area contributed by atoms with E-state index in [0.717, 1.165) is 4.47 Å². The fraction of sp³-hybridized carbons (Fsp3) is 0.400. The van der Waals surface area contributed by atoms with E-state index < -0.39 is 6.10 Å².